The van der Waals surface area contributed by atoms with Crippen LogP contribution < -0.4 is 5.32 Å². The van der Waals surface area contributed by atoms with E-state index in [9.17, 15) is 10.1 Å². The number of anilines is 1. The van der Waals surface area contributed by atoms with Gasteiger partial charge in [-0.2, -0.15) is 11.8 Å². The van der Waals surface area contributed by atoms with Crippen LogP contribution in [0.3, 0.4) is 0 Å². The third-order valence-corrected chi connectivity index (χ3v) is 4.06. The van der Waals surface area contributed by atoms with E-state index >= 15 is 0 Å². The maximum absolute atomic E-state index is 10.9. The molecule has 1 aromatic rings. The van der Waals surface area contributed by atoms with Gasteiger partial charge in [-0.25, -0.2) is 0 Å². The molecule has 0 aliphatic rings. The van der Waals surface area contributed by atoms with Gasteiger partial charge in [0.25, 0.3) is 5.69 Å². The van der Waals surface area contributed by atoms with Crippen molar-refractivity contribution in [3.8, 4) is 0 Å². The van der Waals surface area contributed by atoms with Crippen molar-refractivity contribution in [2.45, 2.75) is 26.4 Å². The maximum atomic E-state index is 10.9. The minimum atomic E-state index is -0.343. The Labute approximate surface area is 124 Å². The zero-order valence-electron chi connectivity index (χ0n) is 12.5. The van der Waals surface area contributed by atoms with Crippen molar-refractivity contribution in [2.75, 3.05) is 30.9 Å². The number of nitro benzene ring substituents is 1. The molecule has 0 aliphatic carbocycles. The average Bonchev–Trinajstić information content (AvgIpc) is 2.40. The third-order valence-electron chi connectivity index (χ3n) is 3.25. The number of hydrogen-bond donors (Lipinski definition) is 1. The van der Waals surface area contributed by atoms with Gasteiger partial charge in [0.15, 0.2) is 0 Å². The fourth-order valence-electron chi connectivity index (χ4n) is 1.98. The summed E-state index contributed by atoms with van der Waals surface area (Å²) in [6.45, 7) is 5.69. The monoisotopic (exact) mass is 297 g/mol. The van der Waals surface area contributed by atoms with Gasteiger partial charge in [0.2, 0.25) is 0 Å². The van der Waals surface area contributed by atoms with E-state index in [-0.39, 0.29) is 10.6 Å². The Balaban J connectivity index is 2.94. The Morgan fingerprint density at radius 3 is 2.75 bits per heavy atom. The Kier molecular flexibility index (Phi) is 6.81. The zero-order chi connectivity index (χ0) is 15.1. The number of rotatable bonds is 8. The number of benzene rings is 1. The fourth-order valence-corrected chi connectivity index (χ4v) is 2.72. The molecular formula is C14H23N3O2S. The second-order valence-electron chi connectivity index (χ2n) is 4.85. The predicted octanol–water partition coefficient (Wildman–Crippen LogP) is 3.21. The van der Waals surface area contributed by atoms with E-state index in [4.69, 9.17) is 0 Å². The summed E-state index contributed by atoms with van der Waals surface area (Å²) < 4.78 is 0. The van der Waals surface area contributed by atoms with Gasteiger partial charge >= 0.3 is 0 Å². The Hall–Kier alpha value is -1.27. The molecule has 0 aromatic heterocycles. The second kappa shape index (κ2) is 8.11. The van der Waals surface area contributed by atoms with Crippen LogP contribution >= 0.6 is 11.8 Å². The predicted molar refractivity (Wildman–Crippen MR) is 86.6 cm³/mol. The molecule has 1 unspecified atom stereocenters. The molecule has 1 rings (SSSR count). The highest BCUT2D eigenvalue weighted by atomic mass is 32.2. The largest absolute Gasteiger partial charge is 0.385 e. The standard InChI is InChI=1S/C14H23N3O2S/c1-5-15-14-7-6-13(17(18)19)8-12(14)9-16(3)11(2)10-20-4/h6-8,11,15H,5,9-10H2,1-4H3. The van der Waals surface area contributed by atoms with Gasteiger partial charge in [-0.3, -0.25) is 15.0 Å². The molecule has 20 heavy (non-hydrogen) atoms. The van der Waals surface area contributed by atoms with E-state index in [2.05, 4.69) is 30.4 Å². The minimum Gasteiger partial charge on any atom is -0.385 e. The molecule has 6 heteroatoms. The molecule has 1 aromatic carbocycles. The molecule has 1 atom stereocenters. The van der Waals surface area contributed by atoms with Crippen molar-refractivity contribution < 1.29 is 4.92 Å². The molecule has 5 nitrogen and oxygen atoms in total. The van der Waals surface area contributed by atoms with Crippen LogP contribution in [0.1, 0.15) is 19.4 Å². The smallest absolute Gasteiger partial charge is 0.269 e. The summed E-state index contributed by atoms with van der Waals surface area (Å²) in [6.07, 6.45) is 2.09. The van der Waals surface area contributed by atoms with Crippen molar-refractivity contribution in [2.24, 2.45) is 0 Å². The summed E-state index contributed by atoms with van der Waals surface area (Å²) in [5.41, 5.74) is 2.09. The van der Waals surface area contributed by atoms with Crippen molar-refractivity contribution in [1.82, 2.24) is 4.90 Å². The van der Waals surface area contributed by atoms with Crippen LogP contribution in [0.15, 0.2) is 18.2 Å². The van der Waals surface area contributed by atoms with Crippen LogP contribution in [-0.2, 0) is 6.54 Å². The van der Waals surface area contributed by atoms with Crippen LogP contribution in [-0.4, -0.2) is 41.5 Å². The molecule has 0 spiro atoms. The van der Waals surface area contributed by atoms with E-state index < -0.39 is 0 Å². The number of thioether (sulfide) groups is 1. The number of nitro groups is 1. The normalized spacial score (nSPS) is 12.4. The van der Waals surface area contributed by atoms with Gasteiger partial charge in [0, 0.05) is 42.7 Å². The van der Waals surface area contributed by atoms with Gasteiger partial charge < -0.3 is 5.32 Å². The molecule has 0 radical (unpaired) electrons. The number of hydrogen-bond acceptors (Lipinski definition) is 5. The van der Waals surface area contributed by atoms with E-state index in [1.165, 1.54) is 0 Å². The molecule has 1 N–H and O–H groups in total. The van der Waals surface area contributed by atoms with Gasteiger partial charge in [-0.05, 0) is 38.8 Å². The molecule has 0 amide bonds. The van der Waals surface area contributed by atoms with Crippen molar-refractivity contribution in [3.63, 3.8) is 0 Å². The number of non-ortho nitro benzene ring substituents is 1. The van der Waals surface area contributed by atoms with Crippen molar-refractivity contribution in [3.05, 3.63) is 33.9 Å². The first-order valence-electron chi connectivity index (χ1n) is 6.70. The second-order valence-corrected chi connectivity index (χ2v) is 5.76. The highest BCUT2D eigenvalue weighted by molar-refractivity contribution is 7.98. The van der Waals surface area contributed by atoms with Crippen molar-refractivity contribution >= 4 is 23.1 Å². The Bertz CT molecular complexity index is 454. The lowest BCUT2D eigenvalue weighted by Gasteiger charge is -2.25. The lowest BCUT2D eigenvalue weighted by molar-refractivity contribution is -0.384. The number of nitrogens with zero attached hydrogens (tertiary/aromatic N) is 2. The summed E-state index contributed by atoms with van der Waals surface area (Å²) in [7, 11) is 2.05. The SMILES string of the molecule is CCNc1ccc([N+](=O)[O-])cc1CN(C)C(C)CSC. The summed E-state index contributed by atoms with van der Waals surface area (Å²) in [4.78, 5) is 12.8. The molecule has 0 fully saturated rings. The number of nitrogens with one attached hydrogen (secondary N) is 1. The van der Waals surface area contributed by atoms with E-state index in [1.54, 1.807) is 30.0 Å². The van der Waals surface area contributed by atoms with E-state index in [0.29, 0.717) is 12.6 Å². The first-order chi connectivity index (χ1) is 9.49. The summed E-state index contributed by atoms with van der Waals surface area (Å²) in [5.74, 6) is 1.04. The highest BCUT2D eigenvalue weighted by Crippen LogP contribution is 2.24. The fraction of sp³-hybridized carbons (Fsp3) is 0.571. The molecule has 112 valence electrons. The lowest BCUT2D eigenvalue weighted by Crippen LogP contribution is -2.30. The van der Waals surface area contributed by atoms with Gasteiger partial charge in [-0.1, -0.05) is 0 Å². The van der Waals surface area contributed by atoms with Crippen LogP contribution in [0, 0.1) is 10.1 Å². The molecular weight excluding hydrogens is 274 g/mol. The molecule has 0 heterocycles. The van der Waals surface area contributed by atoms with Crippen molar-refractivity contribution in [1.29, 1.82) is 0 Å². The highest BCUT2D eigenvalue weighted by Gasteiger charge is 2.15. The Morgan fingerprint density at radius 1 is 1.50 bits per heavy atom. The first kappa shape index (κ1) is 16.8. The molecule has 0 bridgehead atoms. The summed E-state index contributed by atoms with van der Waals surface area (Å²) in [5, 5.41) is 14.2. The zero-order valence-corrected chi connectivity index (χ0v) is 13.4. The van der Waals surface area contributed by atoms with Crippen LogP contribution in [0.25, 0.3) is 0 Å². The summed E-state index contributed by atoms with van der Waals surface area (Å²) in [6, 6.07) is 5.44. The van der Waals surface area contributed by atoms with Gasteiger partial charge in [-0.15, -0.1) is 0 Å². The van der Waals surface area contributed by atoms with E-state index in [1.807, 2.05) is 6.92 Å². The maximum Gasteiger partial charge on any atom is 0.269 e. The average molecular weight is 297 g/mol. The van der Waals surface area contributed by atoms with Gasteiger partial charge in [0.1, 0.15) is 0 Å². The third kappa shape index (κ3) is 4.68. The van der Waals surface area contributed by atoms with E-state index in [0.717, 1.165) is 23.5 Å². The minimum absolute atomic E-state index is 0.146. The topological polar surface area (TPSA) is 58.4 Å². The summed E-state index contributed by atoms with van der Waals surface area (Å²) >= 11 is 1.81. The van der Waals surface area contributed by atoms with Gasteiger partial charge in [0.05, 0.1) is 4.92 Å². The molecule has 0 saturated heterocycles. The van der Waals surface area contributed by atoms with Crippen LogP contribution in [0.2, 0.25) is 0 Å². The molecule has 0 saturated carbocycles. The Morgan fingerprint density at radius 2 is 2.20 bits per heavy atom. The lowest BCUT2D eigenvalue weighted by atomic mass is 10.1. The quantitative estimate of drug-likeness (QED) is 0.590. The van der Waals surface area contributed by atoms with Crippen LogP contribution in [0.5, 0.6) is 0 Å². The van der Waals surface area contributed by atoms with Crippen LogP contribution in [0.4, 0.5) is 11.4 Å². The molecule has 0 aliphatic heterocycles. The first-order valence-corrected chi connectivity index (χ1v) is 8.09.